The van der Waals surface area contributed by atoms with Gasteiger partial charge in [-0.05, 0) is 24.6 Å². The van der Waals surface area contributed by atoms with Crippen LogP contribution in [0.3, 0.4) is 0 Å². The van der Waals surface area contributed by atoms with Crippen LogP contribution < -0.4 is 5.73 Å². The largest absolute Gasteiger partial charge is 0.366 e. The Bertz CT molecular complexity index is 444. The molecule has 0 unspecified atom stereocenters. The minimum absolute atomic E-state index is 0.166. The van der Waals surface area contributed by atoms with E-state index in [9.17, 15) is 9.59 Å². The highest BCUT2D eigenvalue weighted by atomic mass is 16.1. The molecule has 0 spiro atoms. The fraction of sp³-hybridized carbons (Fsp3) is 0.100. The standard InChI is InChI=1S/C10H8N2O2/c1-6-2-8(5-13)7(4-11)3-9(6)10(12)14/h2-3,5H,1H3,(H2,12,14). The summed E-state index contributed by atoms with van der Waals surface area (Å²) in [4.78, 5) is 21.5. The summed E-state index contributed by atoms with van der Waals surface area (Å²) < 4.78 is 0. The lowest BCUT2D eigenvalue weighted by atomic mass is 10.0. The van der Waals surface area contributed by atoms with Gasteiger partial charge in [0.1, 0.15) is 0 Å². The first-order valence-corrected chi connectivity index (χ1v) is 3.90. The van der Waals surface area contributed by atoms with Crippen molar-refractivity contribution in [3.63, 3.8) is 0 Å². The Morgan fingerprint density at radius 3 is 2.64 bits per heavy atom. The summed E-state index contributed by atoms with van der Waals surface area (Å²) >= 11 is 0. The summed E-state index contributed by atoms with van der Waals surface area (Å²) in [5.74, 6) is -0.601. The molecular weight excluding hydrogens is 180 g/mol. The number of aryl methyl sites for hydroxylation is 1. The number of carbonyl (C=O) groups is 2. The fourth-order valence-corrected chi connectivity index (χ4v) is 1.19. The van der Waals surface area contributed by atoms with Crippen molar-refractivity contribution in [2.24, 2.45) is 5.73 Å². The molecule has 14 heavy (non-hydrogen) atoms. The van der Waals surface area contributed by atoms with E-state index in [1.807, 2.05) is 6.07 Å². The van der Waals surface area contributed by atoms with Crippen molar-refractivity contribution in [2.45, 2.75) is 6.92 Å². The van der Waals surface area contributed by atoms with Crippen LogP contribution in [-0.2, 0) is 0 Å². The number of nitriles is 1. The molecule has 4 nitrogen and oxygen atoms in total. The van der Waals surface area contributed by atoms with E-state index in [0.29, 0.717) is 11.8 Å². The fourth-order valence-electron chi connectivity index (χ4n) is 1.19. The highest BCUT2D eigenvalue weighted by molar-refractivity contribution is 5.96. The lowest BCUT2D eigenvalue weighted by molar-refractivity contribution is 0.0998. The Hall–Kier alpha value is -2.15. The number of aldehydes is 1. The van der Waals surface area contributed by atoms with Crippen LogP contribution >= 0.6 is 0 Å². The van der Waals surface area contributed by atoms with Gasteiger partial charge in [0.05, 0.1) is 11.6 Å². The smallest absolute Gasteiger partial charge is 0.249 e. The second-order valence-electron chi connectivity index (χ2n) is 2.85. The molecule has 0 fully saturated rings. The Morgan fingerprint density at radius 1 is 1.57 bits per heavy atom. The van der Waals surface area contributed by atoms with E-state index < -0.39 is 5.91 Å². The monoisotopic (exact) mass is 188 g/mol. The molecule has 70 valence electrons. The zero-order valence-electron chi connectivity index (χ0n) is 7.57. The summed E-state index contributed by atoms with van der Waals surface area (Å²) in [6.45, 7) is 1.66. The molecule has 1 rings (SSSR count). The molecular formula is C10H8N2O2. The summed E-state index contributed by atoms with van der Waals surface area (Å²) in [6, 6.07) is 4.64. The third-order valence-electron chi connectivity index (χ3n) is 1.91. The van der Waals surface area contributed by atoms with Crippen molar-refractivity contribution in [3.8, 4) is 6.07 Å². The number of amides is 1. The molecule has 0 saturated heterocycles. The SMILES string of the molecule is Cc1cc(C=O)c(C#N)cc1C(N)=O. The van der Waals surface area contributed by atoms with E-state index in [1.54, 1.807) is 6.92 Å². The third kappa shape index (κ3) is 1.62. The van der Waals surface area contributed by atoms with Crippen LogP contribution in [0.25, 0.3) is 0 Å². The molecule has 0 bridgehead atoms. The quantitative estimate of drug-likeness (QED) is 0.696. The molecule has 2 N–H and O–H groups in total. The van der Waals surface area contributed by atoms with Crippen molar-refractivity contribution in [2.75, 3.05) is 0 Å². The van der Waals surface area contributed by atoms with Crippen LogP contribution in [0.1, 0.15) is 31.8 Å². The number of hydrogen-bond acceptors (Lipinski definition) is 3. The van der Waals surface area contributed by atoms with Gasteiger partial charge in [-0.3, -0.25) is 9.59 Å². The van der Waals surface area contributed by atoms with Crippen molar-refractivity contribution in [3.05, 3.63) is 34.4 Å². The molecule has 1 aromatic carbocycles. The van der Waals surface area contributed by atoms with E-state index >= 15 is 0 Å². The second-order valence-corrected chi connectivity index (χ2v) is 2.85. The van der Waals surface area contributed by atoms with Gasteiger partial charge < -0.3 is 5.73 Å². The molecule has 0 aromatic heterocycles. The Balaban J connectivity index is 3.47. The van der Waals surface area contributed by atoms with Crippen LogP contribution in [0, 0.1) is 18.3 Å². The molecule has 0 radical (unpaired) electrons. The first kappa shape index (κ1) is 9.93. The first-order chi connectivity index (χ1) is 6.60. The molecule has 0 aliphatic carbocycles. The Kier molecular flexibility index (Phi) is 2.63. The van der Waals surface area contributed by atoms with E-state index in [4.69, 9.17) is 11.0 Å². The summed E-state index contributed by atoms with van der Waals surface area (Å²) in [7, 11) is 0. The highest BCUT2D eigenvalue weighted by Crippen LogP contribution is 2.14. The van der Waals surface area contributed by atoms with Gasteiger partial charge in [0.2, 0.25) is 5.91 Å². The normalized spacial score (nSPS) is 9.14. The highest BCUT2D eigenvalue weighted by Gasteiger charge is 2.09. The van der Waals surface area contributed by atoms with Gasteiger partial charge >= 0.3 is 0 Å². The summed E-state index contributed by atoms with van der Waals surface area (Å²) in [5.41, 5.74) is 6.40. The molecule has 1 aromatic rings. The Labute approximate surface area is 80.9 Å². The molecule has 4 heteroatoms. The van der Waals surface area contributed by atoms with Crippen molar-refractivity contribution >= 4 is 12.2 Å². The van der Waals surface area contributed by atoms with Crippen LogP contribution in [-0.4, -0.2) is 12.2 Å². The van der Waals surface area contributed by atoms with Crippen molar-refractivity contribution in [1.82, 2.24) is 0 Å². The average molecular weight is 188 g/mol. The predicted molar refractivity (Wildman–Crippen MR) is 49.8 cm³/mol. The topological polar surface area (TPSA) is 83.9 Å². The lowest BCUT2D eigenvalue weighted by Crippen LogP contribution is -2.13. The van der Waals surface area contributed by atoms with E-state index in [2.05, 4.69) is 0 Å². The minimum atomic E-state index is -0.601. The maximum absolute atomic E-state index is 10.9. The molecule has 0 saturated carbocycles. The summed E-state index contributed by atoms with van der Waals surface area (Å²) in [5, 5.41) is 8.69. The van der Waals surface area contributed by atoms with Crippen LogP contribution in [0.5, 0.6) is 0 Å². The average Bonchev–Trinajstić information content (AvgIpc) is 2.16. The van der Waals surface area contributed by atoms with Crippen LogP contribution in [0.4, 0.5) is 0 Å². The molecule has 0 atom stereocenters. The number of nitrogens with zero attached hydrogens (tertiary/aromatic N) is 1. The van der Waals surface area contributed by atoms with Gasteiger partial charge in [-0.25, -0.2) is 0 Å². The summed E-state index contributed by atoms with van der Waals surface area (Å²) in [6.07, 6.45) is 0.580. The number of rotatable bonds is 2. The maximum Gasteiger partial charge on any atom is 0.249 e. The van der Waals surface area contributed by atoms with E-state index in [1.165, 1.54) is 12.1 Å². The number of hydrogen-bond donors (Lipinski definition) is 1. The second kappa shape index (κ2) is 3.71. The zero-order valence-corrected chi connectivity index (χ0v) is 7.57. The molecule has 0 aliphatic heterocycles. The van der Waals surface area contributed by atoms with Crippen molar-refractivity contribution in [1.29, 1.82) is 5.26 Å². The van der Waals surface area contributed by atoms with Gasteiger partial charge in [-0.2, -0.15) is 5.26 Å². The zero-order chi connectivity index (χ0) is 10.7. The maximum atomic E-state index is 10.9. The van der Waals surface area contributed by atoms with E-state index in [0.717, 1.165) is 0 Å². The predicted octanol–water partition coefficient (Wildman–Crippen LogP) is 0.778. The van der Waals surface area contributed by atoms with Gasteiger partial charge in [0.15, 0.2) is 6.29 Å². The molecule has 0 aliphatic rings. The van der Waals surface area contributed by atoms with Crippen LogP contribution in [0.15, 0.2) is 12.1 Å². The van der Waals surface area contributed by atoms with Gasteiger partial charge in [0.25, 0.3) is 0 Å². The first-order valence-electron chi connectivity index (χ1n) is 3.90. The number of benzene rings is 1. The van der Waals surface area contributed by atoms with Gasteiger partial charge in [0, 0.05) is 11.1 Å². The van der Waals surface area contributed by atoms with E-state index in [-0.39, 0.29) is 16.7 Å². The molecule has 1 amide bonds. The number of nitrogens with two attached hydrogens (primary N) is 1. The van der Waals surface area contributed by atoms with Crippen LogP contribution in [0.2, 0.25) is 0 Å². The van der Waals surface area contributed by atoms with Crippen molar-refractivity contribution < 1.29 is 9.59 Å². The minimum Gasteiger partial charge on any atom is -0.366 e. The lowest BCUT2D eigenvalue weighted by Gasteiger charge is -2.03. The van der Waals surface area contributed by atoms with Gasteiger partial charge in [-0.1, -0.05) is 0 Å². The molecule has 0 heterocycles. The van der Waals surface area contributed by atoms with Gasteiger partial charge in [-0.15, -0.1) is 0 Å². The third-order valence-corrected chi connectivity index (χ3v) is 1.91. The number of carbonyl (C=O) groups excluding carboxylic acids is 2. The number of primary amides is 1. The Morgan fingerprint density at radius 2 is 2.21 bits per heavy atom.